The van der Waals surface area contributed by atoms with Gasteiger partial charge in [-0.15, -0.1) is 11.3 Å². The highest BCUT2D eigenvalue weighted by atomic mass is 32.1. The Morgan fingerprint density at radius 1 is 1.35 bits per heavy atom. The maximum atomic E-state index is 10.3. The van der Waals surface area contributed by atoms with Crippen LogP contribution in [0.3, 0.4) is 0 Å². The lowest BCUT2D eigenvalue weighted by Crippen LogP contribution is -2.45. The van der Waals surface area contributed by atoms with E-state index in [-0.39, 0.29) is 5.54 Å². The van der Waals surface area contributed by atoms with Crippen LogP contribution < -0.4 is 10.1 Å². The summed E-state index contributed by atoms with van der Waals surface area (Å²) in [7, 11) is 0. The minimum Gasteiger partial charge on any atom is -0.491 e. The molecule has 0 aliphatic heterocycles. The second-order valence-corrected chi connectivity index (χ2v) is 7.13. The molecule has 1 heterocycles. The SMILES string of the molecule is Cc1ccccc1OCC(O)CNC1(c2nccs2)CCCC1. The Morgan fingerprint density at radius 2 is 2.13 bits per heavy atom. The molecule has 1 saturated carbocycles. The van der Waals surface area contributed by atoms with E-state index in [1.54, 1.807) is 11.3 Å². The number of aromatic nitrogens is 1. The van der Waals surface area contributed by atoms with Gasteiger partial charge in [-0.2, -0.15) is 0 Å². The van der Waals surface area contributed by atoms with Gasteiger partial charge in [-0.3, -0.25) is 0 Å². The summed E-state index contributed by atoms with van der Waals surface area (Å²) in [5.41, 5.74) is 1.03. The van der Waals surface area contributed by atoms with E-state index in [2.05, 4.69) is 10.3 Å². The van der Waals surface area contributed by atoms with Crippen molar-refractivity contribution in [2.75, 3.05) is 13.2 Å². The van der Waals surface area contributed by atoms with Crippen LogP contribution in [0, 0.1) is 6.92 Å². The van der Waals surface area contributed by atoms with Crippen molar-refractivity contribution >= 4 is 11.3 Å². The highest BCUT2D eigenvalue weighted by molar-refractivity contribution is 7.09. The van der Waals surface area contributed by atoms with E-state index in [0.717, 1.165) is 29.2 Å². The molecule has 1 unspecified atom stereocenters. The van der Waals surface area contributed by atoms with Gasteiger partial charge < -0.3 is 15.2 Å². The Labute approximate surface area is 141 Å². The smallest absolute Gasteiger partial charge is 0.122 e. The van der Waals surface area contributed by atoms with Crippen molar-refractivity contribution in [3.63, 3.8) is 0 Å². The molecule has 1 atom stereocenters. The topological polar surface area (TPSA) is 54.4 Å². The van der Waals surface area contributed by atoms with Gasteiger partial charge in [0.05, 0.1) is 5.54 Å². The predicted molar refractivity (Wildman–Crippen MR) is 92.9 cm³/mol. The fourth-order valence-corrected chi connectivity index (χ4v) is 4.06. The number of hydrogen-bond donors (Lipinski definition) is 2. The molecule has 1 aromatic heterocycles. The monoisotopic (exact) mass is 332 g/mol. The maximum absolute atomic E-state index is 10.3. The van der Waals surface area contributed by atoms with E-state index in [0.29, 0.717) is 13.2 Å². The lowest BCUT2D eigenvalue weighted by molar-refractivity contribution is 0.0958. The molecular formula is C18H24N2O2S. The van der Waals surface area contributed by atoms with Gasteiger partial charge in [0.1, 0.15) is 23.5 Å². The average molecular weight is 332 g/mol. The van der Waals surface area contributed by atoms with Crippen LogP contribution in [0.15, 0.2) is 35.8 Å². The third kappa shape index (κ3) is 3.91. The number of benzene rings is 1. The molecule has 5 heteroatoms. The number of para-hydroxylation sites is 1. The summed E-state index contributed by atoms with van der Waals surface area (Å²) in [5.74, 6) is 0.835. The van der Waals surface area contributed by atoms with Gasteiger partial charge >= 0.3 is 0 Å². The van der Waals surface area contributed by atoms with Gasteiger partial charge in [0.25, 0.3) is 0 Å². The van der Waals surface area contributed by atoms with Gasteiger partial charge in [-0.25, -0.2) is 4.98 Å². The fourth-order valence-electron chi connectivity index (χ4n) is 3.18. The maximum Gasteiger partial charge on any atom is 0.122 e. The number of nitrogens with zero attached hydrogens (tertiary/aromatic N) is 1. The zero-order valence-corrected chi connectivity index (χ0v) is 14.3. The molecule has 0 bridgehead atoms. The number of aliphatic hydroxyl groups excluding tert-OH is 1. The molecule has 2 aromatic rings. The van der Waals surface area contributed by atoms with Gasteiger partial charge in [-0.05, 0) is 31.4 Å². The van der Waals surface area contributed by atoms with Crippen LogP contribution in [0.25, 0.3) is 0 Å². The number of aryl methyl sites for hydroxylation is 1. The zero-order valence-electron chi connectivity index (χ0n) is 13.5. The summed E-state index contributed by atoms with van der Waals surface area (Å²) in [6.45, 7) is 2.83. The van der Waals surface area contributed by atoms with E-state index in [9.17, 15) is 5.11 Å². The van der Waals surface area contributed by atoms with Crippen molar-refractivity contribution in [3.05, 3.63) is 46.4 Å². The van der Waals surface area contributed by atoms with E-state index >= 15 is 0 Å². The summed E-state index contributed by atoms with van der Waals surface area (Å²) in [5, 5.41) is 17.0. The molecule has 1 aliphatic rings. The molecule has 2 N–H and O–H groups in total. The fraction of sp³-hybridized carbons (Fsp3) is 0.500. The Bertz CT molecular complexity index is 609. The van der Waals surface area contributed by atoms with Crippen molar-refractivity contribution in [1.82, 2.24) is 10.3 Å². The largest absolute Gasteiger partial charge is 0.491 e. The highest BCUT2D eigenvalue weighted by Gasteiger charge is 2.37. The molecule has 23 heavy (non-hydrogen) atoms. The van der Waals surface area contributed by atoms with Crippen molar-refractivity contribution in [2.45, 2.75) is 44.2 Å². The second kappa shape index (κ2) is 7.43. The first kappa shape index (κ1) is 16.4. The van der Waals surface area contributed by atoms with Gasteiger partial charge in [0.2, 0.25) is 0 Å². The van der Waals surface area contributed by atoms with Crippen LogP contribution >= 0.6 is 11.3 Å². The molecule has 1 aliphatic carbocycles. The first-order valence-electron chi connectivity index (χ1n) is 8.21. The number of rotatable bonds is 7. The average Bonchev–Trinajstić information content (AvgIpc) is 3.24. The minimum absolute atomic E-state index is 0.0577. The lowest BCUT2D eigenvalue weighted by atomic mass is 9.98. The number of hydrogen-bond acceptors (Lipinski definition) is 5. The van der Waals surface area contributed by atoms with Crippen LogP contribution in [-0.4, -0.2) is 29.3 Å². The predicted octanol–water partition coefficient (Wildman–Crippen LogP) is 3.25. The van der Waals surface area contributed by atoms with Crippen LogP contribution in [0.1, 0.15) is 36.3 Å². The Kier molecular flexibility index (Phi) is 5.30. The Balaban J connectivity index is 1.54. The van der Waals surface area contributed by atoms with E-state index in [4.69, 9.17) is 4.74 Å². The zero-order chi connectivity index (χ0) is 16.1. The highest BCUT2D eigenvalue weighted by Crippen LogP contribution is 2.39. The van der Waals surface area contributed by atoms with E-state index < -0.39 is 6.10 Å². The molecule has 1 aromatic carbocycles. The van der Waals surface area contributed by atoms with Crippen molar-refractivity contribution in [2.24, 2.45) is 0 Å². The quantitative estimate of drug-likeness (QED) is 0.817. The van der Waals surface area contributed by atoms with Crippen molar-refractivity contribution in [1.29, 1.82) is 0 Å². The number of nitrogens with one attached hydrogen (secondary N) is 1. The van der Waals surface area contributed by atoms with Gasteiger partial charge in [0, 0.05) is 18.1 Å². The summed E-state index contributed by atoms with van der Waals surface area (Å²) in [4.78, 5) is 4.50. The summed E-state index contributed by atoms with van der Waals surface area (Å²) >= 11 is 1.70. The first-order valence-corrected chi connectivity index (χ1v) is 9.09. The van der Waals surface area contributed by atoms with Crippen LogP contribution in [0.2, 0.25) is 0 Å². The van der Waals surface area contributed by atoms with Crippen LogP contribution in [0.4, 0.5) is 0 Å². The van der Waals surface area contributed by atoms with Gasteiger partial charge in [0.15, 0.2) is 0 Å². The number of thiazole rings is 1. The van der Waals surface area contributed by atoms with Crippen molar-refractivity contribution < 1.29 is 9.84 Å². The standard InChI is InChI=1S/C18H24N2O2S/c1-14-6-2-3-7-16(14)22-13-15(21)12-20-18(8-4-5-9-18)17-19-10-11-23-17/h2-3,6-7,10-11,15,20-21H,4-5,8-9,12-13H2,1H3. The van der Waals surface area contributed by atoms with Crippen LogP contribution in [-0.2, 0) is 5.54 Å². The molecule has 3 rings (SSSR count). The second-order valence-electron chi connectivity index (χ2n) is 6.24. The third-order valence-corrected chi connectivity index (χ3v) is 5.48. The minimum atomic E-state index is -0.535. The molecule has 1 fully saturated rings. The van der Waals surface area contributed by atoms with E-state index in [1.165, 1.54) is 12.8 Å². The molecule has 0 radical (unpaired) electrons. The molecule has 4 nitrogen and oxygen atoms in total. The molecule has 0 saturated heterocycles. The normalized spacial score (nSPS) is 18.0. The number of ether oxygens (including phenoxy) is 1. The third-order valence-electron chi connectivity index (χ3n) is 4.50. The summed E-state index contributed by atoms with van der Waals surface area (Å²) < 4.78 is 5.73. The van der Waals surface area contributed by atoms with E-state index in [1.807, 2.05) is 42.8 Å². The Hall–Kier alpha value is -1.43. The first-order chi connectivity index (χ1) is 11.2. The molecule has 124 valence electrons. The molecular weight excluding hydrogens is 308 g/mol. The van der Waals surface area contributed by atoms with Crippen LogP contribution in [0.5, 0.6) is 5.75 Å². The number of aliphatic hydroxyl groups is 1. The molecule has 0 spiro atoms. The molecule has 0 amide bonds. The summed E-state index contributed by atoms with van der Waals surface area (Å²) in [6.07, 6.45) is 5.93. The lowest BCUT2D eigenvalue weighted by Gasteiger charge is -2.29. The summed E-state index contributed by atoms with van der Waals surface area (Å²) in [6, 6.07) is 7.88. The Morgan fingerprint density at radius 3 is 2.83 bits per heavy atom. The van der Waals surface area contributed by atoms with Gasteiger partial charge in [-0.1, -0.05) is 31.0 Å². The van der Waals surface area contributed by atoms with Crippen molar-refractivity contribution in [3.8, 4) is 5.75 Å².